The van der Waals surface area contributed by atoms with Crippen LogP contribution in [0.5, 0.6) is 0 Å². The molecule has 0 unspecified atom stereocenters. The summed E-state index contributed by atoms with van der Waals surface area (Å²) in [6.07, 6.45) is 3.71. The summed E-state index contributed by atoms with van der Waals surface area (Å²) in [5.41, 5.74) is -1.32. The summed E-state index contributed by atoms with van der Waals surface area (Å²) in [7, 11) is 0. The number of rotatable bonds is 2. The van der Waals surface area contributed by atoms with Gasteiger partial charge in [-0.1, -0.05) is 0 Å². The maximum absolute atomic E-state index is 13.3. The molecule has 0 radical (unpaired) electrons. The van der Waals surface area contributed by atoms with Gasteiger partial charge in [0.1, 0.15) is 11.2 Å². The number of hydrogen-bond donors (Lipinski definition) is 1. The van der Waals surface area contributed by atoms with Crippen LogP contribution in [0.2, 0.25) is 0 Å². The highest BCUT2D eigenvalue weighted by Gasteiger charge is 2.25. The van der Waals surface area contributed by atoms with E-state index in [0.29, 0.717) is 6.07 Å². The van der Waals surface area contributed by atoms with Crippen molar-refractivity contribution < 1.29 is 18.7 Å². The van der Waals surface area contributed by atoms with E-state index < -0.39 is 28.7 Å². The smallest absolute Gasteiger partial charge is 0.341 e. The fraction of sp³-hybridized carbons (Fsp3) is 0.308. The van der Waals surface area contributed by atoms with Crippen molar-refractivity contribution in [3.8, 4) is 0 Å². The van der Waals surface area contributed by atoms with Crippen molar-refractivity contribution in [1.82, 2.24) is 9.55 Å². The molecule has 0 aromatic carbocycles. The Kier molecular flexibility index (Phi) is 2.77. The molecule has 20 heavy (non-hydrogen) atoms. The summed E-state index contributed by atoms with van der Waals surface area (Å²) in [6.45, 7) is 0. The highest BCUT2D eigenvalue weighted by Crippen LogP contribution is 2.33. The van der Waals surface area contributed by atoms with Gasteiger partial charge in [0.15, 0.2) is 5.82 Å². The van der Waals surface area contributed by atoms with Crippen LogP contribution in [-0.2, 0) is 0 Å². The van der Waals surface area contributed by atoms with Gasteiger partial charge in [0, 0.05) is 12.2 Å². The van der Waals surface area contributed by atoms with Crippen LogP contribution >= 0.6 is 0 Å². The Morgan fingerprint density at radius 3 is 2.65 bits per heavy atom. The molecule has 0 saturated heterocycles. The highest BCUT2D eigenvalue weighted by molar-refractivity contribution is 5.91. The minimum absolute atomic E-state index is 0.0106. The molecule has 2 aromatic rings. The molecular formula is C13H10F2N2O3. The van der Waals surface area contributed by atoms with Gasteiger partial charge in [-0.25, -0.2) is 9.18 Å². The Labute approximate surface area is 111 Å². The largest absolute Gasteiger partial charge is 0.477 e. The van der Waals surface area contributed by atoms with Gasteiger partial charge in [0.2, 0.25) is 5.43 Å². The summed E-state index contributed by atoms with van der Waals surface area (Å²) in [5.74, 6) is -3.96. The normalized spacial score (nSPS) is 15.3. The summed E-state index contributed by atoms with van der Waals surface area (Å²) in [4.78, 5) is 26.6. The van der Waals surface area contributed by atoms with Crippen molar-refractivity contribution in [1.29, 1.82) is 0 Å². The maximum Gasteiger partial charge on any atom is 0.341 e. The van der Waals surface area contributed by atoms with Crippen LogP contribution in [0.15, 0.2) is 17.1 Å². The number of nitrogens with zero attached hydrogens (tertiary/aromatic N) is 2. The molecule has 0 spiro atoms. The van der Waals surface area contributed by atoms with Crippen molar-refractivity contribution in [2.75, 3.05) is 0 Å². The van der Waals surface area contributed by atoms with E-state index in [1.165, 1.54) is 10.8 Å². The Hall–Kier alpha value is -2.31. The second-order valence-electron chi connectivity index (χ2n) is 4.80. The Morgan fingerprint density at radius 2 is 2.10 bits per heavy atom. The number of aromatic nitrogens is 2. The van der Waals surface area contributed by atoms with Crippen LogP contribution in [0.3, 0.4) is 0 Å². The quantitative estimate of drug-likeness (QED) is 0.855. The van der Waals surface area contributed by atoms with Crippen LogP contribution in [-0.4, -0.2) is 20.6 Å². The van der Waals surface area contributed by atoms with Gasteiger partial charge in [-0.3, -0.25) is 4.79 Å². The summed E-state index contributed by atoms with van der Waals surface area (Å²) >= 11 is 0. The Bertz CT molecular complexity index is 781. The van der Waals surface area contributed by atoms with Gasteiger partial charge in [-0.2, -0.15) is 9.37 Å². The molecule has 5 nitrogen and oxygen atoms in total. The molecule has 0 bridgehead atoms. The van der Waals surface area contributed by atoms with E-state index in [2.05, 4.69) is 4.98 Å². The third-order valence-corrected chi connectivity index (χ3v) is 3.61. The molecule has 1 aliphatic carbocycles. The molecule has 1 N–H and O–H groups in total. The number of carbonyl (C=O) groups is 1. The molecule has 2 heterocycles. The van der Waals surface area contributed by atoms with Gasteiger partial charge in [0.05, 0.1) is 5.39 Å². The van der Waals surface area contributed by atoms with E-state index in [1.807, 2.05) is 0 Å². The number of carboxylic acids is 1. The number of pyridine rings is 2. The summed E-state index contributed by atoms with van der Waals surface area (Å²) < 4.78 is 28.0. The van der Waals surface area contributed by atoms with Crippen LogP contribution in [0.1, 0.15) is 35.7 Å². The molecule has 1 saturated carbocycles. The Balaban J connectivity index is 2.41. The van der Waals surface area contributed by atoms with E-state index in [4.69, 9.17) is 5.11 Å². The van der Waals surface area contributed by atoms with Crippen molar-refractivity contribution in [2.24, 2.45) is 0 Å². The van der Waals surface area contributed by atoms with E-state index >= 15 is 0 Å². The topological polar surface area (TPSA) is 72.2 Å². The van der Waals surface area contributed by atoms with Crippen molar-refractivity contribution in [2.45, 2.75) is 25.3 Å². The van der Waals surface area contributed by atoms with Gasteiger partial charge >= 0.3 is 5.97 Å². The molecule has 1 aliphatic rings. The van der Waals surface area contributed by atoms with Crippen LogP contribution < -0.4 is 5.43 Å². The molecule has 2 aromatic heterocycles. The second-order valence-corrected chi connectivity index (χ2v) is 4.80. The number of carboxylic acid groups (broad SMARTS) is 1. The lowest BCUT2D eigenvalue weighted by Crippen LogP contribution is -2.25. The zero-order chi connectivity index (χ0) is 14.4. The predicted molar refractivity (Wildman–Crippen MR) is 65.8 cm³/mol. The fourth-order valence-corrected chi connectivity index (χ4v) is 2.32. The third kappa shape index (κ3) is 1.77. The first-order valence-corrected chi connectivity index (χ1v) is 6.13. The van der Waals surface area contributed by atoms with E-state index in [0.717, 1.165) is 19.3 Å². The first kappa shape index (κ1) is 12.7. The van der Waals surface area contributed by atoms with Crippen LogP contribution in [0.25, 0.3) is 11.0 Å². The molecule has 3 rings (SSSR count). The lowest BCUT2D eigenvalue weighted by molar-refractivity contribution is 0.0694. The van der Waals surface area contributed by atoms with Crippen molar-refractivity contribution >= 4 is 17.0 Å². The first-order valence-electron chi connectivity index (χ1n) is 6.13. The standard InChI is InChI=1S/C13H10F2N2O3/c14-9-4-7-10(18)8(13(19)20)5-17(6-2-1-3-6)12(7)16-11(9)15/h4-6H,1-3H2,(H,19,20). The van der Waals surface area contributed by atoms with Crippen LogP contribution in [0, 0.1) is 11.8 Å². The van der Waals surface area contributed by atoms with Gasteiger partial charge < -0.3 is 9.67 Å². The predicted octanol–water partition coefficient (Wildman–Crippen LogP) is 2.10. The highest BCUT2D eigenvalue weighted by atomic mass is 19.2. The van der Waals surface area contributed by atoms with Crippen molar-refractivity contribution in [3.05, 3.63) is 39.8 Å². The van der Waals surface area contributed by atoms with Gasteiger partial charge in [-0.05, 0) is 25.3 Å². The number of hydrogen-bond acceptors (Lipinski definition) is 3. The third-order valence-electron chi connectivity index (χ3n) is 3.61. The average molecular weight is 280 g/mol. The number of aromatic carboxylic acids is 1. The monoisotopic (exact) mass is 280 g/mol. The van der Waals surface area contributed by atoms with E-state index in [9.17, 15) is 18.4 Å². The minimum atomic E-state index is -1.39. The summed E-state index contributed by atoms with van der Waals surface area (Å²) in [5, 5.41) is 8.83. The Morgan fingerprint density at radius 1 is 1.40 bits per heavy atom. The average Bonchev–Trinajstić information content (AvgIpc) is 2.32. The summed E-state index contributed by atoms with van der Waals surface area (Å²) in [6, 6.07) is 0.676. The number of fused-ring (bicyclic) bond motifs is 1. The molecule has 0 aliphatic heterocycles. The molecule has 7 heteroatoms. The van der Waals surface area contributed by atoms with Gasteiger partial charge in [0.25, 0.3) is 5.95 Å². The lowest BCUT2D eigenvalue weighted by Gasteiger charge is -2.29. The zero-order valence-electron chi connectivity index (χ0n) is 10.3. The maximum atomic E-state index is 13.3. The second kappa shape index (κ2) is 4.36. The molecule has 104 valence electrons. The molecule has 0 amide bonds. The molecular weight excluding hydrogens is 270 g/mol. The lowest BCUT2D eigenvalue weighted by atomic mass is 9.92. The first-order chi connectivity index (χ1) is 9.49. The number of halogens is 2. The van der Waals surface area contributed by atoms with Gasteiger partial charge in [-0.15, -0.1) is 0 Å². The molecule has 0 atom stereocenters. The van der Waals surface area contributed by atoms with E-state index in [-0.39, 0.29) is 17.1 Å². The van der Waals surface area contributed by atoms with Crippen LogP contribution in [0.4, 0.5) is 8.78 Å². The zero-order valence-corrected chi connectivity index (χ0v) is 10.3. The van der Waals surface area contributed by atoms with Crippen molar-refractivity contribution in [3.63, 3.8) is 0 Å². The van der Waals surface area contributed by atoms with E-state index in [1.54, 1.807) is 0 Å². The minimum Gasteiger partial charge on any atom is -0.477 e. The fourth-order valence-electron chi connectivity index (χ4n) is 2.32. The molecule has 1 fully saturated rings. The SMILES string of the molecule is O=C(O)c1cn(C2CCC2)c2nc(F)c(F)cc2c1=O.